The van der Waals surface area contributed by atoms with E-state index in [9.17, 15) is 13.2 Å². The second-order valence-electron chi connectivity index (χ2n) is 7.19. The van der Waals surface area contributed by atoms with Gasteiger partial charge in [0.05, 0.1) is 4.90 Å². The van der Waals surface area contributed by atoms with Gasteiger partial charge < -0.3 is 5.32 Å². The van der Waals surface area contributed by atoms with E-state index < -0.39 is 10.0 Å². The van der Waals surface area contributed by atoms with E-state index in [2.05, 4.69) is 17.4 Å². The lowest BCUT2D eigenvalue weighted by Gasteiger charge is -2.15. The molecule has 1 heterocycles. The molecule has 1 saturated heterocycles. The fourth-order valence-corrected chi connectivity index (χ4v) is 4.93. The molecule has 1 fully saturated rings. The van der Waals surface area contributed by atoms with Crippen molar-refractivity contribution in [2.45, 2.75) is 43.4 Å². The maximum atomic E-state index is 12.5. The summed E-state index contributed by atoms with van der Waals surface area (Å²) in [5.74, 6) is 0.0295. The predicted octanol–water partition coefficient (Wildman–Crippen LogP) is 3.15. The Labute approximate surface area is 167 Å². The molecule has 0 spiro atoms. The van der Waals surface area contributed by atoms with Gasteiger partial charge in [-0.3, -0.25) is 4.79 Å². The van der Waals surface area contributed by atoms with Gasteiger partial charge in [0.1, 0.15) is 0 Å². The third kappa shape index (κ3) is 5.66. The minimum Gasteiger partial charge on any atom is -0.356 e. The second-order valence-corrected chi connectivity index (χ2v) is 9.13. The Balaban J connectivity index is 1.40. The minimum absolute atomic E-state index is 0.0295. The highest BCUT2D eigenvalue weighted by atomic mass is 32.2. The number of carbonyl (C=O) groups excluding carboxylic acids is 1. The van der Waals surface area contributed by atoms with E-state index in [1.807, 2.05) is 30.3 Å². The van der Waals surface area contributed by atoms with Crippen LogP contribution in [-0.4, -0.2) is 38.3 Å². The summed E-state index contributed by atoms with van der Waals surface area (Å²) < 4.78 is 26.6. The van der Waals surface area contributed by atoms with E-state index in [-0.39, 0.29) is 5.91 Å². The predicted molar refractivity (Wildman–Crippen MR) is 111 cm³/mol. The summed E-state index contributed by atoms with van der Waals surface area (Å²) in [6.07, 6.45) is 4.74. The number of amides is 1. The zero-order valence-corrected chi connectivity index (χ0v) is 17.0. The molecule has 1 aliphatic rings. The van der Waals surface area contributed by atoms with Crippen molar-refractivity contribution in [3.8, 4) is 0 Å². The first-order chi connectivity index (χ1) is 13.6. The second kappa shape index (κ2) is 9.85. The standard InChI is InChI=1S/C22H28N2O3S/c25-22(23-16-6-9-19-7-2-1-3-8-19)15-12-20-10-13-21(14-11-20)28(26,27)24-17-4-5-18-24/h1-3,7-8,10-11,13-14H,4-6,9,12,15-18H2,(H,23,25). The average molecular weight is 401 g/mol. The normalized spacial score (nSPS) is 14.9. The van der Waals surface area contributed by atoms with Crippen LogP contribution in [0.15, 0.2) is 59.5 Å². The highest BCUT2D eigenvalue weighted by Gasteiger charge is 2.26. The molecule has 0 radical (unpaired) electrons. The number of rotatable bonds is 9. The summed E-state index contributed by atoms with van der Waals surface area (Å²) in [5.41, 5.74) is 2.25. The van der Waals surface area contributed by atoms with Crippen LogP contribution in [-0.2, 0) is 27.7 Å². The Kier molecular flexibility index (Phi) is 7.23. The molecule has 0 atom stereocenters. The van der Waals surface area contributed by atoms with E-state index in [0.717, 1.165) is 31.2 Å². The van der Waals surface area contributed by atoms with Gasteiger partial charge in [-0.15, -0.1) is 0 Å². The van der Waals surface area contributed by atoms with Gasteiger partial charge in [-0.2, -0.15) is 4.31 Å². The van der Waals surface area contributed by atoms with Crippen LogP contribution >= 0.6 is 0 Å². The summed E-state index contributed by atoms with van der Waals surface area (Å²) in [6, 6.07) is 17.2. The number of hydrogen-bond donors (Lipinski definition) is 1. The summed E-state index contributed by atoms with van der Waals surface area (Å²) in [5, 5.41) is 2.95. The molecule has 5 nitrogen and oxygen atoms in total. The van der Waals surface area contributed by atoms with E-state index in [1.165, 1.54) is 5.56 Å². The monoisotopic (exact) mass is 400 g/mol. The number of aryl methyl sites for hydroxylation is 2. The molecule has 1 amide bonds. The minimum atomic E-state index is -3.37. The number of nitrogens with one attached hydrogen (secondary N) is 1. The van der Waals surface area contributed by atoms with Gasteiger partial charge in [0.15, 0.2) is 0 Å². The summed E-state index contributed by atoms with van der Waals surface area (Å²) in [4.78, 5) is 12.4. The number of benzene rings is 2. The highest BCUT2D eigenvalue weighted by molar-refractivity contribution is 7.89. The van der Waals surface area contributed by atoms with Crippen molar-refractivity contribution in [1.82, 2.24) is 9.62 Å². The topological polar surface area (TPSA) is 66.5 Å². The Hall–Kier alpha value is -2.18. The molecule has 0 bridgehead atoms. The molecule has 1 aliphatic heterocycles. The van der Waals surface area contributed by atoms with Crippen molar-refractivity contribution < 1.29 is 13.2 Å². The van der Waals surface area contributed by atoms with Crippen LogP contribution in [0.25, 0.3) is 0 Å². The SMILES string of the molecule is O=C(CCc1ccc(S(=O)(=O)N2CCCC2)cc1)NCCCc1ccccc1. The lowest BCUT2D eigenvalue weighted by atomic mass is 10.1. The van der Waals surface area contributed by atoms with E-state index in [1.54, 1.807) is 16.4 Å². The molecule has 0 aromatic heterocycles. The Bertz CT molecular complexity index is 858. The van der Waals surface area contributed by atoms with Crippen LogP contribution in [0.4, 0.5) is 0 Å². The molecule has 1 N–H and O–H groups in total. The van der Waals surface area contributed by atoms with Crippen LogP contribution in [0.5, 0.6) is 0 Å². The van der Waals surface area contributed by atoms with Crippen molar-refractivity contribution in [3.05, 3.63) is 65.7 Å². The third-order valence-corrected chi connectivity index (χ3v) is 6.99. The van der Waals surface area contributed by atoms with Crippen LogP contribution < -0.4 is 5.32 Å². The Morgan fingerprint density at radius 3 is 2.21 bits per heavy atom. The molecule has 2 aromatic rings. The summed E-state index contributed by atoms with van der Waals surface area (Å²) in [6.45, 7) is 1.88. The lowest BCUT2D eigenvalue weighted by molar-refractivity contribution is -0.121. The fourth-order valence-electron chi connectivity index (χ4n) is 3.42. The molecule has 6 heteroatoms. The van der Waals surface area contributed by atoms with Crippen LogP contribution in [0.2, 0.25) is 0 Å². The zero-order valence-electron chi connectivity index (χ0n) is 16.1. The van der Waals surface area contributed by atoms with Crippen LogP contribution in [0.3, 0.4) is 0 Å². The van der Waals surface area contributed by atoms with Crippen LogP contribution in [0, 0.1) is 0 Å². The average Bonchev–Trinajstić information content (AvgIpc) is 3.27. The lowest BCUT2D eigenvalue weighted by Crippen LogP contribution is -2.27. The molecule has 2 aromatic carbocycles. The number of nitrogens with zero attached hydrogens (tertiary/aromatic N) is 1. The molecule has 0 aliphatic carbocycles. The van der Waals surface area contributed by atoms with Crippen molar-refractivity contribution in [3.63, 3.8) is 0 Å². The van der Waals surface area contributed by atoms with Gasteiger partial charge in [0.2, 0.25) is 15.9 Å². The molecule has 150 valence electrons. The first kappa shape index (κ1) is 20.6. The number of sulfonamides is 1. The van der Waals surface area contributed by atoms with Gasteiger partial charge in [0.25, 0.3) is 0 Å². The molecular formula is C22H28N2O3S. The van der Waals surface area contributed by atoms with Gasteiger partial charge in [-0.1, -0.05) is 42.5 Å². The van der Waals surface area contributed by atoms with E-state index in [0.29, 0.717) is 37.4 Å². The van der Waals surface area contributed by atoms with Gasteiger partial charge >= 0.3 is 0 Å². The largest absolute Gasteiger partial charge is 0.356 e. The Morgan fingerprint density at radius 2 is 1.54 bits per heavy atom. The smallest absolute Gasteiger partial charge is 0.243 e. The first-order valence-corrected chi connectivity index (χ1v) is 11.4. The molecule has 3 rings (SSSR count). The van der Waals surface area contributed by atoms with Gasteiger partial charge in [-0.05, 0) is 55.4 Å². The van der Waals surface area contributed by atoms with Crippen molar-refractivity contribution in [1.29, 1.82) is 0 Å². The van der Waals surface area contributed by atoms with E-state index in [4.69, 9.17) is 0 Å². The molecular weight excluding hydrogens is 372 g/mol. The maximum absolute atomic E-state index is 12.5. The van der Waals surface area contributed by atoms with Gasteiger partial charge in [0, 0.05) is 26.1 Å². The zero-order chi connectivity index (χ0) is 19.8. The van der Waals surface area contributed by atoms with Crippen molar-refractivity contribution in [2.24, 2.45) is 0 Å². The van der Waals surface area contributed by atoms with E-state index >= 15 is 0 Å². The molecule has 0 unspecified atom stereocenters. The quantitative estimate of drug-likeness (QED) is 0.658. The maximum Gasteiger partial charge on any atom is 0.243 e. The number of hydrogen-bond acceptors (Lipinski definition) is 3. The summed E-state index contributed by atoms with van der Waals surface area (Å²) in [7, 11) is -3.37. The highest BCUT2D eigenvalue weighted by Crippen LogP contribution is 2.21. The summed E-state index contributed by atoms with van der Waals surface area (Å²) >= 11 is 0. The first-order valence-electron chi connectivity index (χ1n) is 9.95. The van der Waals surface area contributed by atoms with Crippen LogP contribution in [0.1, 0.15) is 36.8 Å². The van der Waals surface area contributed by atoms with Gasteiger partial charge in [-0.25, -0.2) is 8.42 Å². The number of carbonyl (C=O) groups is 1. The molecule has 0 saturated carbocycles. The van der Waals surface area contributed by atoms with Crippen molar-refractivity contribution in [2.75, 3.05) is 19.6 Å². The third-order valence-electron chi connectivity index (χ3n) is 5.07. The Morgan fingerprint density at radius 1 is 0.893 bits per heavy atom. The van der Waals surface area contributed by atoms with Crippen molar-refractivity contribution >= 4 is 15.9 Å². The fraction of sp³-hybridized carbons (Fsp3) is 0.409. The molecule has 28 heavy (non-hydrogen) atoms.